The second kappa shape index (κ2) is 6.36. The third kappa shape index (κ3) is 3.79. The number of hydrogen-bond acceptors (Lipinski definition) is 4. The van der Waals surface area contributed by atoms with Crippen molar-refractivity contribution in [3.05, 3.63) is 45.4 Å². The summed E-state index contributed by atoms with van der Waals surface area (Å²) in [6, 6.07) is 2.91. The predicted octanol–water partition coefficient (Wildman–Crippen LogP) is 2.78. The highest BCUT2D eigenvalue weighted by atomic mass is 32.1. The normalized spacial score (nSPS) is 10.2. The molecule has 1 aromatic heterocycles. The number of urea groups is 1. The third-order valence-electron chi connectivity index (χ3n) is 2.86. The molecular formula is C14H15N3O3S. The molecule has 2 rings (SSSR count). The highest BCUT2D eigenvalue weighted by molar-refractivity contribution is 7.09. The maximum absolute atomic E-state index is 11.9. The second-order valence-electron chi connectivity index (χ2n) is 4.58. The summed E-state index contributed by atoms with van der Waals surface area (Å²) in [5, 5.41) is 14.5. The molecule has 2 amide bonds. The Morgan fingerprint density at radius 2 is 2.10 bits per heavy atom. The Bertz CT molecular complexity index is 668. The molecular weight excluding hydrogens is 290 g/mol. The van der Waals surface area contributed by atoms with Crippen molar-refractivity contribution in [1.82, 2.24) is 10.3 Å². The van der Waals surface area contributed by atoms with Crippen molar-refractivity contribution in [2.75, 3.05) is 5.32 Å². The molecule has 110 valence electrons. The fourth-order valence-electron chi connectivity index (χ4n) is 1.96. The molecule has 21 heavy (non-hydrogen) atoms. The van der Waals surface area contributed by atoms with Crippen molar-refractivity contribution >= 4 is 29.0 Å². The van der Waals surface area contributed by atoms with Gasteiger partial charge in [-0.15, -0.1) is 11.3 Å². The van der Waals surface area contributed by atoms with E-state index < -0.39 is 12.0 Å². The maximum Gasteiger partial charge on any atom is 0.337 e. The number of benzene rings is 1. The third-order valence-corrected chi connectivity index (χ3v) is 3.64. The summed E-state index contributed by atoms with van der Waals surface area (Å²) in [5.74, 6) is -1.07. The highest BCUT2D eigenvalue weighted by Crippen LogP contribution is 2.22. The van der Waals surface area contributed by atoms with Crippen LogP contribution in [0.4, 0.5) is 10.5 Å². The predicted molar refractivity (Wildman–Crippen MR) is 80.8 cm³/mol. The summed E-state index contributed by atoms with van der Waals surface area (Å²) in [4.78, 5) is 28.0. The summed E-state index contributed by atoms with van der Waals surface area (Å²) in [7, 11) is 0. The molecule has 0 saturated heterocycles. The number of aryl methyl sites for hydroxylation is 2. The molecule has 0 bridgehead atoms. The number of thiazole rings is 1. The lowest BCUT2D eigenvalue weighted by molar-refractivity contribution is 0.0698. The Balaban J connectivity index is 2.11. The number of aromatic nitrogens is 1. The van der Waals surface area contributed by atoms with Crippen LogP contribution in [0.2, 0.25) is 0 Å². The van der Waals surface area contributed by atoms with Crippen LogP contribution in [0.5, 0.6) is 0 Å². The van der Waals surface area contributed by atoms with Crippen molar-refractivity contribution < 1.29 is 14.7 Å². The average Bonchev–Trinajstić information content (AvgIpc) is 2.92. The second-order valence-corrected chi connectivity index (χ2v) is 5.56. The number of carbonyl (C=O) groups excluding carboxylic acids is 1. The molecule has 0 aliphatic heterocycles. The molecule has 0 radical (unpaired) electrons. The molecule has 7 heteroatoms. The topological polar surface area (TPSA) is 91.3 Å². The first-order chi connectivity index (χ1) is 9.97. The van der Waals surface area contributed by atoms with Gasteiger partial charge >= 0.3 is 12.0 Å². The number of anilines is 1. The van der Waals surface area contributed by atoms with Crippen molar-refractivity contribution in [3.8, 4) is 0 Å². The number of carbonyl (C=O) groups is 2. The number of rotatable bonds is 4. The van der Waals surface area contributed by atoms with Crippen LogP contribution in [0.25, 0.3) is 0 Å². The van der Waals surface area contributed by atoms with Gasteiger partial charge < -0.3 is 15.7 Å². The Kier molecular flexibility index (Phi) is 4.54. The Labute approximate surface area is 125 Å². The van der Waals surface area contributed by atoms with Crippen LogP contribution in [-0.2, 0) is 6.54 Å². The minimum absolute atomic E-state index is 0.0837. The summed E-state index contributed by atoms with van der Waals surface area (Å²) in [5.41, 5.74) is 3.62. The van der Waals surface area contributed by atoms with Gasteiger partial charge in [-0.05, 0) is 31.0 Å². The first-order valence-corrected chi connectivity index (χ1v) is 7.12. The number of nitrogens with zero attached hydrogens (tertiary/aromatic N) is 1. The zero-order chi connectivity index (χ0) is 15.4. The number of carboxylic acid groups (broad SMARTS) is 1. The molecule has 0 saturated carbocycles. The molecule has 0 unspecified atom stereocenters. The number of amides is 2. The molecule has 6 nitrogen and oxygen atoms in total. The van der Waals surface area contributed by atoms with Gasteiger partial charge in [-0.3, -0.25) is 4.98 Å². The zero-order valence-electron chi connectivity index (χ0n) is 11.6. The van der Waals surface area contributed by atoms with Crippen molar-refractivity contribution in [1.29, 1.82) is 0 Å². The summed E-state index contributed by atoms with van der Waals surface area (Å²) in [6.45, 7) is 3.93. The number of nitrogens with one attached hydrogen (secondary N) is 2. The van der Waals surface area contributed by atoms with Gasteiger partial charge in [0.2, 0.25) is 0 Å². The van der Waals surface area contributed by atoms with E-state index in [1.165, 1.54) is 17.4 Å². The van der Waals surface area contributed by atoms with E-state index in [9.17, 15) is 14.7 Å². The monoisotopic (exact) mass is 305 g/mol. The van der Waals surface area contributed by atoms with Gasteiger partial charge in [-0.25, -0.2) is 9.59 Å². The van der Waals surface area contributed by atoms with E-state index in [0.29, 0.717) is 17.8 Å². The lowest BCUT2D eigenvalue weighted by Gasteiger charge is -2.13. The van der Waals surface area contributed by atoms with Crippen LogP contribution in [0.15, 0.2) is 23.8 Å². The minimum atomic E-state index is -1.07. The fourth-order valence-corrected chi connectivity index (χ4v) is 2.49. The first-order valence-electron chi connectivity index (χ1n) is 6.24. The highest BCUT2D eigenvalue weighted by Gasteiger charge is 2.15. The van der Waals surface area contributed by atoms with Crippen molar-refractivity contribution in [3.63, 3.8) is 0 Å². The molecule has 0 spiro atoms. The fraction of sp³-hybridized carbons (Fsp3) is 0.214. The summed E-state index contributed by atoms with van der Waals surface area (Å²) in [6.07, 6.45) is 1.67. The van der Waals surface area contributed by atoms with Crippen LogP contribution in [-0.4, -0.2) is 22.1 Å². The van der Waals surface area contributed by atoms with Crippen LogP contribution < -0.4 is 10.6 Å². The van der Waals surface area contributed by atoms with Gasteiger partial charge in [0, 0.05) is 11.1 Å². The average molecular weight is 305 g/mol. The SMILES string of the molecule is Cc1cc(C)c(NC(=O)NCc2cncs2)c(C(=O)O)c1. The van der Waals surface area contributed by atoms with Crippen molar-refractivity contribution in [2.24, 2.45) is 0 Å². The standard InChI is InChI=1S/C14H15N3O3S/c1-8-3-9(2)12(11(4-8)13(18)19)17-14(20)16-6-10-5-15-7-21-10/h3-5,7H,6H2,1-2H3,(H,18,19)(H2,16,17,20). The molecule has 3 N–H and O–H groups in total. The smallest absolute Gasteiger partial charge is 0.337 e. The quantitative estimate of drug-likeness (QED) is 0.810. The van der Waals surface area contributed by atoms with E-state index in [0.717, 1.165) is 10.4 Å². The van der Waals surface area contributed by atoms with E-state index >= 15 is 0 Å². The molecule has 1 heterocycles. The van der Waals surface area contributed by atoms with Crippen LogP contribution >= 0.6 is 11.3 Å². The number of hydrogen-bond donors (Lipinski definition) is 3. The van der Waals surface area contributed by atoms with E-state index in [1.54, 1.807) is 18.6 Å². The van der Waals surface area contributed by atoms with E-state index in [-0.39, 0.29) is 5.56 Å². The van der Waals surface area contributed by atoms with Gasteiger partial charge in [0.1, 0.15) is 0 Å². The Morgan fingerprint density at radius 3 is 2.71 bits per heavy atom. The maximum atomic E-state index is 11.9. The van der Waals surface area contributed by atoms with Crippen molar-refractivity contribution in [2.45, 2.75) is 20.4 Å². The summed E-state index contributed by atoms with van der Waals surface area (Å²) < 4.78 is 0. The molecule has 0 aliphatic rings. The van der Waals surface area contributed by atoms with E-state index in [1.807, 2.05) is 13.0 Å². The van der Waals surface area contributed by atoms with Crippen LogP contribution in [0.3, 0.4) is 0 Å². The van der Waals surface area contributed by atoms with Gasteiger partial charge in [-0.1, -0.05) is 6.07 Å². The number of carboxylic acids is 1. The van der Waals surface area contributed by atoms with Gasteiger partial charge in [-0.2, -0.15) is 0 Å². The Morgan fingerprint density at radius 1 is 1.33 bits per heavy atom. The molecule has 0 atom stereocenters. The van der Waals surface area contributed by atoms with Gasteiger partial charge in [0.25, 0.3) is 0 Å². The van der Waals surface area contributed by atoms with Crippen LogP contribution in [0.1, 0.15) is 26.4 Å². The molecule has 0 aliphatic carbocycles. The Hall–Kier alpha value is -2.41. The zero-order valence-corrected chi connectivity index (χ0v) is 12.5. The molecule has 1 aromatic carbocycles. The summed E-state index contributed by atoms with van der Waals surface area (Å²) >= 11 is 1.44. The van der Waals surface area contributed by atoms with Gasteiger partial charge in [0.15, 0.2) is 0 Å². The van der Waals surface area contributed by atoms with Crippen LogP contribution in [0, 0.1) is 13.8 Å². The minimum Gasteiger partial charge on any atom is -0.478 e. The van der Waals surface area contributed by atoms with Gasteiger partial charge in [0.05, 0.1) is 23.3 Å². The lowest BCUT2D eigenvalue weighted by atomic mass is 10.0. The molecule has 2 aromatic rings. The van der Waals surface area contributed by atoms with E-state index in [4.69, 9.17) is 0 Å². The lowest BCUT2D eigenvalue weighted by Crippen LogP contribution is -2.29. The largest absolute Gasteiger partial charge is 0.478 e. The molecule has 0 fully saturated rings. The van der Waals surface area contributed by atoms with E-state index in [2.05, 4.69) is 15.6 Å². The number of aromatic carboxylic acids is 1. The first kappa shape index (κ1) is 15.0.